The van der Waals surface area contributed by atoms with Crippen molar-refractivity contribution in [3.8, 4) is 0 Å². The van der Waals surface area contributed by atoms with Crippen LogP contribution in [0.3, 0.4) is 0 Å². The zero-order chi connectivity index (χ0) is 19.6. The number of likely N-dealkylation sites (N-methyl/N-ethyl adjacent to an activating group) is 1. The number of aromatic nitrogens is 2. The van der Waals surface area contributed by atoms with Gasteiger partial charge in [0, 0.05) is 39.3 Å². The van der Waals surface area contributed by atoms with Crippen LogP contribution in [0.25, 0.3) is 0 Å². The summed E-state index contributed by atoms with van der Waals surface area (Å²) >= 11 is 0. The van der Waals surface area contributed by atoms with Gasteiger partial charge in [0.15, 0.2) is 0 Å². The van der Waals surface area contributed by atoms with E-state index in [1.807, 2.05) is 13.8 Å². The maximum Gasteiger partial charge on any atom is 0.269 e. The molecular weight excluding hydrogens is 346 g/mol. The average Bonchev–Trinajstić information content (AvgIpc) is 2.65. The average molecular weight is 375 g/mol. The first-order valence-electron chi connectivity index (χ1n) is 9.75. The number of hydrogen-bond acceptors (Lipinski definition) is 5. The summed E-state index contributed by atoms with van der Waals surface area (Å²) in [6.07, 6.45) is 5.12. The molecule has 0 aromatic carbocycles. The summed E-state index contributed by atoms with van der Waals surface area (Å²) in [5, 5.41) is 4.21. The van der Waals surface area contributed by atoms with Crippen LogP contribution in [0.4, 0.5) is 5.69 Å². The Morgan fingerprint density at radius 3 is 2.48 bits per heavy atom. The topological polar surface area (TPSA) is 78.8 Å². The van der Waals surface area contributed by atoms with E-state index in [4.69, 9.17) is 0 Å². The van der Waals surface area contributed by atoms with E-state index >= 15 is 0 Å². The molecule has 0 unspecified atom stereocenters. The number of piperidine rings is 1. The molecule has 0 radical (unpaired) electrons. The van der Waals surface area contributed by atoms with Gasteiger partial charge in [-0.15, -0.1) is 0 Å². The Hall–Kier alpha value is -2.38. The summed E-state index contributed by atoms with van der Waals surface area (Å²) in [6, 6.07) is 1.07. The molecule has 3 heterocycles. The maximum absolute atomic E-state index is 12.8. The van der Waals surface area contributed by atoms with Crippen molar-refractivity contribution < 1.29 is 9.59 Å². The molecule has 2 amide bonds. The summed E-state index contributed by atoms with van der Waals surface area (Å²) in [5.41, 5.74) is 0.534. The highest BCUT2D eigenvalue weighted by Gasteiger charge is 2.37. The van der Waals surface area contributed by atoms with E-state index in [0.29, 0.717) is 13.1 Å². The third kappa shape index (κ3) is 4.14. The van der Waals surface area contributed by atoms with Crippen LogP contribution in [-0.4, -0.2) is 70.7 Å². The zero-order valence-corrected chi connectivity index (χ0v) is 16.4. The van der Waals surface area contributed by atoms with E-state index in [-0.39, 0.29) is 29.8 Å². The molecule has 1 aromatic rings. The number of amides is 2. The molecule has 27 heavy (non-hydrogen) atoms. The summed E-state index contributed by atoms with van der Waals surface area (Å²) in [4.78, 5) is 43.2. The van der Waals surface area contributed by atoms with Gasteiger partial charge in [-0.1, -0.05) is 13.8 Å². The van der Waals surface area contributed by atoms with Crippen LogP contribution in [0.2, 0.25) is 0 Å². The number of carbonyl (C=O) groups excluding carboxylic acids is 2. The lowest BCUT2D eigenvalue weighted by atomic mass is 9.98. The second kappa shape index (κ2) is 8.10. The van der Waals surface area contributed by atoms with Crippen LogP contribution in [-0.2, 0) is 16.1 Å². The van der Waals surface area contributed by atoms with Gasteiger partial charge in [0.25, 0.3) is 5.56 Å². The molecule has 8 nitrogen and oxygen atoms in total. The Bertz CT molecular complexity index is 754. The molecular formula is C19H29N5O3. The van der Waals surface area contributed by atoms with E-state index in [9.17, 15) is 14.4 Å². The second-order valence-corrected chi connectivity index (χ2v) is 7.79. The summed E-state index contributed by atoms with van der Waals surface area (Å²) in [6.45, 7) is 6.57. The molecule has 8 heteroatoms. The van der Waals surface area contributed by atoms with Gasteiger partial charge in [-0.05, 0) is 25.2 Å². The SMILES string of the molecule is CC(C)[C@H]1C(=O)N(C)CCN1C(=O)Cn1ncc(N2CCCCC2)cc1=O. The van der Waals surface area contributed by atoms with E-state index in [1.165, 1.54) is 11.1 Å². The standard InChI is InChI=1S/C19H29N5O3/c1-14(2)18-19(27)21(3)9-10-23(18)17(26)13-24-16(25)11-15(12-20-24)22-7-5-4-6-8-22/h11-12,14,18H,4-10,13H2,1-3H3/t18-/m0/s1. The Kier molecular flexibility index (Phi) is 5.82. The summed E-state index contributed by atoms with van der Waals surface area (Å²) in [7, 11) is 1.75. The van der Waals surface area contributed by atoms with Crippen molar-refractivity contribution in [2.45, 2.75) is 45.7 Å². The minimum absolute atomic E-state index is 0.00959. The summed E-state index contributed by atoms with van der Waals surface area (Å²) in [5.74, 6) is -0.281. The van der Waals surface area contributed by atoms with E-state index in [1.54, 1.807) is 29.1 Å². The Morgan fingerprint density at radius 2 is 1.85 bits per heavy atom. The van der Waals surface area contributed by atoms with Crippen LogP contribution in [0.1, 0.15) is 33.1 Å². The predicted molar refractivity (Wildman–Crippen MR) is 103 cm³/mol. The van der Waals surface area contributed by atoms with Gasteiger partial charge in [0.2, 0.25) is 11.8 Å². The largest absolute Gasteiger partial charge is 0.370 e. The minimum Gasteiger partial charge on any atom is -0.370 e. The van der Waals surface area contributed by atoms with Gasteiger partial charge in [0.05, 0.1) is 11.9 Å². The van der Waals surface area contributed by atoms with Gasteiger partial charge in [-0.2, -0.15) is 5.10 Å². The number of rotatable bonds is 4. The third-order valence-electron chi connectivity index (χ3n) is 5.45. The first kappa shape index (κ1) is 19.4. The lowest BCUT2D eigenvalue weighted by molar-refractivity contribution is -0.152. The molecule has 2 aliphatic rings. The van der Waals surface area contributed by atoms with Crippen LogP contribution >= 0.6 is 0 Å². The summed E-state index contributed by atoms with van der Waals surface area (Å²) < 4.78 is 1.19. The number of carbonyl (C=O) groups is 2. The van der Waals surface area contributed by atoms with Gasteiger partial charge in [-0.3, -0.25) is 14.4 Å². The van der Waals surface area contributed by atoms with Gasteiger partial charge >= 0.3 is 0 Å². The monoisotopic (exact) mass is 375 g/mol. The number of anilines is 1. The number of hydrogen-bond donors (Lipinski definition) is 0. The Morgan fingerprint density at radius 1 is 1.15 bits per heavy atom. The van der Waals surface area contributed by atoms with Crippen molar-refractivity contribution in [3.63, 3.8) is 0 Å². The lowest BCUT2D eigenvalue weighted by Crippen LogP contribution is -2.60. The van der Waals surface area contributed by atoms with Crippen LogP contribution in [0.5, 0.6) is 0 Å². The third-order valence-corrected chi connectivity index (χ3v) is 5.45. The second-order valence-electron chi connectivity index (χ2n) is 7.79. The van der Waals surface area contributed by atoms with Gasteiger partial charge in [0.1, 0.15) is 12.6 Å². The van der Waals surface area contributed by atoms with Crippen LogP contribution in [0.15, 0.2) is 17.1 Å². The van der Waals surface area contributed by atoms with Crippen LogP contribution in [0, 0.1) is 5.92 Å². The molecule has 1 atom stereocenters. The maximum atomic E-state index is 12.8. The minimum atomic E-state index is -0.487. The quantitative estimate of drug-likeness (QED) is 0.768. The van der Waals surface area contributed by atoms with Crippen molar-refractivity contribution in [3.05, 3.63) is 22.6 Å². The Labute approximate surface area is 159 Å². The van der Waals surface area contributed by atoms with E-state index in [0.717, 1.165) is 31.6 Å². The first-order valence-corrected chi connectivity index (χ1v) is 9.75. The fourth-order valence-corrected chi connectivity index (χ4v) is 3.88. The lowest BCUT2D eigenvalue weighted by Gasteiger charge is -2.41. The molecule has 2 aliphatic heterocycles. The predicted octanol–water partition coefficient (Wildman–Crippen LogP) is 0.559. The molecule has 0 saturated carbocycles. The molecule has 0 bridgehead atoms. The van der Waals surface area contributed by atoms with Crippen LogP contribution < -0.4 is 10.5 Å². The molecule has 0 aliphatic carbocycles. The zero-order valence-electron chi connectivity index (χ0n) is 16.4. The highest BCUT2D eigenvalue weighted by molar-refractivity contribution is 5.88. The fraction of sp³-hybridized carbons (Fsp3) is 0.684. The van der Waals surface area contributed by atoms with Crippen molar-refractivity contribution in [2.75, 3.05) is 38.1 Å². The van der Waals surface area contributed by atoms with Gasteiger partial charge < -0.3 is 14.7 Å². The highest BCUT2D eigenvalue weighted by atomic mass is 16.2. The van der Waals surface area contributed by atoms with Gasteiger partial charge in [-0.25, -0.2) is 4.68 Å². The Balaban J connectivity index is 1.73. The fourth-order valence-electron chi connectivity index (χ4n) is 3.88. The molecule has 3 rings (SSSR count). The smallest absolute Gasteiger partial charge is 0.269 e. The molecule has 0 N–H and O–H groups in total. The number of nitrogens with zero attached hydrogens (tertiary/aromatic N) is 5. The normalized spacial score (nSPS) is 21.1. The van der Waals surface area contributed by atoms with Crippen molar-refractivity contribution in [1.82, 2.24) is 19.6 Å². The van der Waals surface area contributed by atoms with Crippen molar-refractivity contribution in [2.24, 2.45) is 5.92 Å². The molecule has 2 fully saturated rings. The van der Waals surface area contributed by atoms with E-state index < -0.39 is 6.04 Å². The number of piperazine rings is 1. The first-order chi connectivity index (χ1) is 12.9. The van der Waals surface area contributed by atoms with Crippen molar-refractivity contribution in [1.29, 1.82) is 0 Å². The van der Waals surface area contributed by atoms with E-state index in [2.05, 4.69) is 10.00 Å². The van der Waals surface area contributed by atoms with Crippen molar-refractivity contribution >= 4 is 17.5 Å². The molecule has 1 aromatic heterocycles. The molecule has 2 saturated heterocycles. The molecule has 148 valence electrons. The highest BCUT2D eigenvalue weighted by Crippen LogP contribution is 2.19. The molecule has 0 spiro atoms.